The van der Waals surface area contributed by atoms with E-state index in [0.29, 0.717) is 19.6 Å². The van der Waals surface area contributed by atoms with E-state index >= 15 is 0 Å². The molecule has 1 aliphatic rings. The largest absolute Gasteiger partial charge is 0.384 e. The lowest BCUT2D eigenvalue weighted by molar-refractivity contribution is -0.134. The van der Waals surface area contributed by atoms with Crippen LogP contribution < -0.4 is 5.32 Å². The van der Waals surface area contributed by atoms with Crippen LogP contribution in [0, 0.1) is 5.92 Å². The van der Waals surface area contributed by atoms with Gasteiger partial charge in [-0.05, 0) is 18.1 Å². The molecule has 0 aromatic heterocycles. The smallest absolute Gasteiger partial charge is 0.228 e. The maximum absolute atomic E-state index is 12.5. The number of hydrogen-bond donors (Lipinski definition) is 1. The molecule has 1 amide bonds. The maximum Gasteiger partial charge on any atom is 0.228 e. The molecule has 1 heterocycles. The van der Waals surface area contributed by atoms with Gasteiger partial charge in [0.1, 0.15) is 0 Å². The average molecular weight is 256 g/mol. The van der Waals surface area contributed by atoms with E-state index in [9.17, 15) is 4.79 Å². The van der Waals surface area contributed by atoms with Gasteiger partial charge in [0.25, 0.3) is 0 Å². The SMILES string of the molecule is C=CCN(CC=C)C(=O)C1CNc2ccccc2C1. The molecule has 1 aromatic rings. The first kappa shape index (κ1) is 13.4. The van der Waals surface area contributed by atoms with Crippen molar-refractivity contribution in [3.63, 3.8) is 0 Å². The number of fused-ring (bicyclic) bond motifs is 1. The highest BCUT2D eigenvalue weighted by Gasteiger charge is 2.27. The normalized spacial score (nSPS) is 16.9. The molecule has 1 N–H and O–H groups in total. The maximum atomic E-state index is 12.5. The number of carbonyl (C=O) groups excluding carboxylic acids is 1. The Balaban J connectivity index is 2.08. The quantitative estimate of drug-likeness (QED) is 0.821. The standard InChI is InChI=1S/C16H20N2O/c1-3-9-18(10-4-2)16(19)14-11-13-7-5-6-8-15(13)17-12-14/h3-8,14,17H,1-2,9-12H2. The fourth-order valence-corrected chi connectivity index (χ4v) is 2.44. The summed E-state index contributed by atoms with van der Waals surface area (Å²) in [6.45, 7) is 9.24. The predicted octanol–water partition coefficient (Wildman–Crippen LogP) is 2.47. The van der Waals surface area contributed by atoms with Gasteiger partial charge in [-0.1, -0.05) is 30.4 Å². The summed E-state index contributed by atoms with van der Waals surface area (Å²) in [6, 6.07) is 8.16. The number of carbonyl (C=O) groups is 1. The Morgan fingerprint density at radius 3 is 2.68 bits per heavy atom. The van der Waals surface area contributed by atoms with E-state index in [-0.39, 0.29) is 11.8 Å². The van der Waals surface area contributed by atoms with E-state index in [1.807, 2.05) is 12.1 Å². The number of amides is 1. The van der Waals surface area contributed by atoms with Crippen LogP contribution in [0.25, 0.3) is 0 Å². The number of nitrogens with one attached hydrogen (secondary N) is 1. The number of rotatable bonds is 5. The Hall–Kier alpha value is -2.03. The zero-order valence-electron chi connectivity index (χ0n) is 11.1. The van der Waals surface area contributed by atoms with Crippen molar-refractivity contribution in [2.75, 3.05) is 25.0 Å². The third-order valence-electron chi connectivity index (χ3n) is 3.38. The predicted molar refractivity (Wildman–Crippen MR) is 79.1 cm³/mol. The Morgan fingerprint density at radius 2 is 2.00 bits per heavy atom. The van der Waals surface area contributed by atoms with Gasteiger partial charge in [-0.3, -0.25) is 4.79 Å². The zero-order valence-corrected chi connectivity index (χ0v) is 11.1. The third kappa shape index (κ3) is 3.05. The summed E-state index contributed by atoms with van der Waals surface area (Å²) in [7, 11) is 0. The van der Waals surface area contributed by atoms with Crippen LogP contribution in [0.5, 0.6) is 0 Å². The first-order valence-electron chi connectivity index (χ1n) is 6.58. The van der Waals surface area contributed by atoms with Crippen molar-refractivity contribution in [3.05, 3.63) is 55.1 Å². The summed E-state index contributed by atoms with van der Waals surface area (Å²) in [5.74, 6) is 0.164. The second kappa shape index (κ2) is 6.23. The molecule has 1 atom stereocenters. The topological polar surface area (TPSA) is 32.3 Å². The minimum atomic E-state index is -0.00481. The van der Waals surface area contributed by atoms with Crippen LogP contribution in [-0.2, 0) is 11.2 Å². The second-order valence-corrected chi connectivity index (χ2v) is 4.76. The molecule has 3 nitrogen and oxygen atoms in total. The van der Waals surface area contributed by atoms with Gasteiger partial charge in [0, 0.05) is 25.3 Å². The van der Waals surface area contributed by atoms with Gasteiger partial charge in [-0.2, -0.15) is 0 Å². The number of benzene rings is 1. The summed E-state index contributed by atoms with van der Waals surface area (Å²) in [4.78, 5) is 14.3. The third-order valence-corrected chi connectivity index (χ3v) is 3.38. The highest BCUT2D eigenvalue weighted by atomic mass is 16.2. The molecular weight excluding hydrogens is 236 g/mol. The number of hydrogen-bond acceptors (Lipinski definition) is 2. The lowest BCUT2D eigenvalue weighted by Gasteiger charge is -2.30. The number of nitrogens with zero attached hydrogens (tertiary/aromatic N) is 1. The van der Waals surface area contributed by atoms with Gasteiger partial charge in [0.15, 0.2) is 0 Å². The van der Waals surface area contributed by atoms with Gasteiger partial charge >= 0.3 is 0 Å². The van der Waals surface area contributed by atoms with Crippen molar-refractivity contribution in [3.8, 4) is 0 Å². The molecule has 0 fully saturated rings. The van der Waals surface area contributed by atoms with E-state index < -0.39 is 0 Å². The van der Waals surface area contributed by atoms with Crippen LogP contribution in [0.2, 0.25) is 0 Å². The monoisotopic (exact) mass is 256 g/mol. The molecule has 0 spiro atoms. The summed E-state index contributed by atoms with van der Waals surface area (Å²) in [5, 5.41) is 3.33. The molecule has 0 radical (unpaired) electrons. The van der Waals surface area contributed by atoms with Crippen LogP contribution in [-0.4, -0.2) is 30.4 Å². The molecule has 100 valence electrons. The van der Waals surface area contributed by atoms with Gasteiger partial charge in [0.05, 0.1) is 5.92 Å². The molecule has 1 unspecified atom stereocenters. The molecule has 3 heteroatoms. The fraction of sp³-hybridized carbons (Fsp3) is 0.312. The molecular formula is C16H20N2O. The van der Waals surface area contributed by atoms with Crippen molar-refractivity contribution in [2.24, 2.45) is 5.92 Å². The lowest BCUT2D eigenvalue weighted by atomic mass is 9.93. The number of anilines is 1. The fourth-order valence-electron chi connectivity index (χ4n) is 2.44. The zero-order chi connectivity index (χ0) is 13.7. The van der Waals surface area contributed by atoms with E-state index in [0.717, 1.165) is 12.1 Å². The van der Waals surface area contributed by atoms with Gasteiger partial charge in [-0.25, -0.2) is 0 Å². The molecule has 0 saturated heterocycles. The molecule has 19 heavy (non-hydrogen) atoms. The Morgan fingerprint density at radius 1 is 1.32 bits per heavy atom. The highest BCUT2D eigenvalue weighted by molar-refractivity contribution is 5.81. The van der Waals surface area contributed by atoms with E-state index in [4.69, 9.17) is 0 Å². The number of para-hydroxylation sites is 1. The van der Waals surface area contributed by atoms with Crippen molar-refractivity contribution < 1.29 is 4.79 Å². The van der Waals surface area contributed by atoms with Crippen molar-refractivity contribution in [1.29, 1.82) is 0 Å². The minimum absolute atomic E-state index is 0.00481. The molecule has 2 rings (SSSR count). The summed E-state index contributed by atoms with van der Waals surface area (Å²) in [6.07, 6.45) is 4.31. The van der Waals surface area contributed by atoms with Crippen molar-refractivity contribution >= 4 is 11.6 Å². The van der Waals surface area contributed by atoms with Crippen LogP contribution in [0.15, 0.2) is 49.6 Å². The van der Waals surface area contributed by atoms with Crippen LogP contribution in [0.1, 0.15) is 5.56 Å². The van der Waals surface area contributed by atoms with E-state index in [2.05, 4.69) is 30.6 Å². The average Bonchev–Trinajstić information content (AvgIpc) is 2.46. The molecule has 0 saturated carbocycles. The Bertz CT molecular complexity index is 471. The summed E-state index contributed by atoms with van der Waals surface area (Å²) < 4.78 is 0. The molecule has 1 aromatic carbocycles. The minimum Gasteiger partial charge on any atom is -0.384 e. The first-order chi connectivity index (χ1) is 9.26. The van der Waals surface area contributed by atoms with Gasteiger partial charge in [0.2, 0.25) is 5.91 Å². The van der Waals surface area contributed by atoms with Crippen molar-refractivity contribution in [1.82, 2.24) is 4.90 Å². The van der Waals surface area contributed by atoms with Crippen molar-refractivity contribution in [2.45, 2.75) is 6.42 Å². The Kier molecular flexibility index (Phi) is 4.39. The van der Waals surface area contributed by atoms with Crippen LogP contribution in [0.4, 0.5) is 5.69 Å². The molecule has 0 bridgehead atoms. The van der Waals surface area contributed by atoms with Gasteiger partial charge < -0.3 is 10.2 Å². The lowest BCUT2D eigenvalue weighted by Crippen LogP contribution is -2.41. The van der Waals surface area contributed by atoms with Crippen LogP contribution in [0.3, 0.4) is 0 Å². The molecule has 0 aliphatic carbocycles. The first-order valence-corrected chi connectivity index (χ1v) is 6.58. The summed E-state index contributed by atoms with van der Waals surface area (Å²) in [5.41, 5.74) is 2.36. The second-order valence-electron chi connectivity index (χ2n) is 4.76. The Labute approximate surface area is 114 Å². The summed E-state index contributed by atoms with van der Waals surface area (Å²) >= 11 is 0. The van der Waals surface area contributed by atoms with Gasteiger partial charge in [-0.15, -0.1) is 13.2 Å². The van der Waals surface area contributed by atoms with Crippen LogP contribution >= 0.6 is 0 Å². The molecule has 1 aliphatic heterocycles. The van der Waals surface area contributed by atoms with E-state index in [1.54, 1.807) is 17.1 Å². The highest BCUT2D eigenvalue weighted by Crippen LogP contribution is 2.25. The van der Waals surface area contributed by atoms with E-state index in [1.165, 1.54) is 5.56 Å².